The zero-order valence-electron chi connectivity index (χ0n) is 16.1. The second kappa shape index (κ2) is 10.6. The van der Waals surface area contributed by atoms with Gasteiger partial charge in [0, 0.05) is 34.8 Å². The third-order valence-corrected chi connectivity index (χ3v) is 4.72. The molecular formula is C23H21BrN2O4. The Hall–Kier alpha value is -3.16. The summed E-state index contributed by atoms with van der Waals surface area (Å²) in [6.45, 7) is 0.251. The van der Waals surface area contributed by atoms with E-state index < -0.39 is 11.8 Å². The summed E-state index contributed by atoms with van der Waals surface area (Å²) in [5.41, 5.74) is 1.38. The Bertz CT molecular complexity index is 1030. The molecule has 0 bridgehead atoms. The van der Waals surface area contributed by atoms with Crippen LogP contribution in [-0.4, -0.2) is 30.1 Å². The average Bonchev–Trinajstić information content (AvgIpc) is 3.23. The van der Waals surface area contributed by atoms with Crippen molar-refractivity contribution < 1.29 is 19.1 Å². The first kappa shape index (κ1) is 21.5. The van der Waals surface area contributed by atoms with E-state index in [2.05, 4.69) is 26.6 Å². The molecule has 3 aromatic rings. The van der Waals surface area contributed by atoms with Gasteiger partial charge in [-0.15, -0.1) is 0 Å². The molecule has 0 aliphatic carbocycles. The quantitative estimate of drug-likeness (QED) is 0.344. The van der Waals surface area contributed by atoms with Gasteiger partial charge < -0.3 is 20.2 Å². The number of amides is 2. The van der Waals surface area contributed by atoms with Crippen molar-refractivity contribution in [1.82, 2.24) is 10.6 Å². The molecule has 1 aromatic heterocycles. The van der Waals surface area contributed by atoms with E-state index in [0.29, 0.717) is 23.5 Å². The number of hydrogen-bond donors (Lipinski definition) is 3. The van der Waals surface area contributed by atoms with Gasteiger partial charge in [-0.3, -0.25) is 9.59 Å². The molecule has 0 saturated carbocycles. The van der Waals surface area contributed by atoms with E-state index in [4.69, 9.17) is 9.52 Å². The number of hydrogen-bond acceptors (Lipinski definition) is 4. The highest BCUT2D eigenvalue weighted by atomic mass is 79.9. The molecule has 2 aromatic carbocycles. The number of nitrogens with one attached hydrogen (secondary N) is 2. The summed E-state index contributed by atoms with van der Waals surface area (Å²) < 4.78 is 6.80. The van der Waals surface area contributed by atoms with E-state index in [1.165, 1.54) is 6.08 Å². The minimum Gasteiger partial charge on any atom is -0.457 e. The molecular weight excluding hydrogens is 448 g/mol. The van der Waals surface area contributed by atoms with Crippen molar-refractivity contribution >= 4 is 33.8 Å². The highest BCUT2D eigenvalue weighted by Gasteiger charge is 2.15. The molecule has 2 amide bonds. The van der Waals surface area contributed by atoms with Crippen LogP contribution in [0.25, 0.3) is 17.4 Å². The Labute approximate surface area is 182 Å². The zero-order chi connectivity index (χ0) is 21.3. The van der Waals surface area contributed by atoms with Gasteiger partial charge in [-0.1, -0.05) is 46.3 Å². The summed E-state index contributed by atoms with van der Waals surface area (Å²) in [6.07, 6.45) is 1.90. The first-order chi connectivity index (χ1) is 14.6. The van der Waals surface area contributed by atoms with Crippen molar-refractivity contribution in [1.29, 1.82) is 0 Å². The van der Waals surface area contributed by atoms with Gasteiger partial charge in [0.25, 0.3) is 11.8 Å². The maximum atomic E-state index is 12.6. The zero-order valence-corrected chi connectivity index (χ0v) is 17.7. The van der Waals surface area contributed by atoms with Crippen molar-refractivity contribution in [3.8, 4) is 11.3 Å². The summed E-state index contributed by atoms with van der Waals surface area (Å²) in [5, 5.41) is 14.2. The molecule has 0 fully saturated rings. The van der Waals surface area contributed by atoms with E-state index in [-0.39, 0.29) is 18.8 Å². The molecule has 0 radical (unpaired) electrons. The van der Waals surface area contributed by atoms with Gasteiger partial charge in [-0.2, -0.15) is 0 Å². The lowest BCUT2D eigenvalue weighted by molar-refractivity contribution is -0.117. The highest BCUT2D eigenvalue weighted by Crippen LogP contribution is 2.25. The van der Waals surface area contributed by atoms with Gasteiger partial charge in [0.1, 0.15) is 17.2 Å². The van der Waals surface area contributed by atoms with Crippen LogP contribution >= 0.6 is 15.9 Å². The molecule has 30 heavy (non-hydrogen) atoms. The van der Waals surface area contributed by atoms with E-state index in [9.17, 15) is 9.59 Å². The van der Waals surface area contributed by atoms with Crippen LogP contribution in [0.5, 0.6) is 0 Å². The number of benzene rings is 2. The lowest BCUT2D eigenvalue weighted by Crippen LogP contribution is -2.35. The lowest BCUT2D eigenvalue weighted by atomic mass is 10.2. The third-order valence-electron chi connectivity index (χ3n) is 4.19. The Balaban J connectivity index is 1.83. The maximum absolute atomic E-state index is 12.6. The molecule has 154 valence electrons. The van der Waals surface area contributed by atoms with Crippen molar-refractivity contribution in [2.75, 3.05) is 13.2 Å². The van der Waals surface area contributed by atoms with Crippen molar-refractivity contribution in [2.24, 2.45) is 0 Å². The maximum Gasteiger partial charge on any atom is 0.267 e. The molecule has 1 heterocycles. The SMILES string of the molecule is O=C(NCCCO)/C(=C\c1ccc(-c2ccc(Br)cc2)o1)NC(=O)c1ccccc1. The van der Waals surface area contributed by atoms with Gasteiger partial charge >= 0.3 is 0 Å². The van der Waals surface area contributed by atoms with Crippen LogP contribution in [0.4, 0.5) is 0 Å². The van der Waals surface area contributed by atoms with Crippen LogP contribution in [0.3, 0.4) is 0 Å². The van der Waals surface area contributed by atoms with E-state index in [1.807, 2.05) is 30.3 Å². The number of aliphatic hydroxyl groups is 1. The van der Waals surface area contributed by atoms with Crippen LogP contribution in [0.1, 0.15) is 22.5 Å². The molecule has 0 unspecified atom stereocenters. The minimum absolute atomic E-state index is 0.0373. The highest BCUT2D eigenvalue weighted by molar-refractivity contribution is 9.10. The first-order valence-corrected chi connectivity index (χ1v) is 10.2. The van der Waals surface area contributed by atoms with Crippen LogP contribution in [0.2, 0.25) is 0 Å². The molecule has 3 rings (SSSR count). The number of furan rings is 1. The van der Waals surface area contributed by atoms with Crippen LogP contribution in [-0.2, 0) is 4.79 Å². The van der Waals surface area contributed by atoms with Gasteiger partial charge in [0.15, 0.2) is 0 Å². The topological polar surface area (TPSA) is 91.6 Å². The molecule has 0 atom stereocenters. The summed E-state index contributed by atoms with van der Waals surface area (Å²) >= 11 is 3.40. The van der Waals surface area contributed by atoms with Crippen molar-refractivity contribution in [2.45, 2.75) is 6.42 Å². The van der Waals surface area contributed by atoms with E-state index in [1.54, 1.807) is 36.4 Å². The fraction of sp³-hybridized carbons (Fsp3) is 0.130. The smallest absolute Gasteiger partial charge is 0.267 e. The Morgan fingerprint density at radius 2 is 1.73 bits per heavy atom. The predicted molar refractivity (Wildman–Crippen MR) is 118 cm³/mol. The number of carbonyl (C=O) groups excluding carboxylic acids is 2. The second-order valence-corrected chi connectivity index (χ2v) is 7.34. The van der Waals surface area contributed by atoms with Crippen LogP contribution in [0.15, 0.2) is 81.3 Å². The van der Waals surface area contributed by atoms with Crippen LogP contribution < -0.4 is 10.6 Å². The minimum atomic E-state index is -0.464. The van der Waals surface area contributed by atoms with Crippen molar-refractivity contribution in [3.05, 3.63) is 88.2 Å². The van der Waals surface area contributed by atoms with Gasteiger partial charge in [0.05, 0.1) is 0 Å². The van der Waals surface area contributed by atoms with Crippen molar-refractivity contribution in [3.63, 3.8) is 0 Å². The second-order valence-electron chi connectivity index (χ2n) is 6.42. The molecule has 3 N–H and O–H groups in total. The fourth-order valence-electron chi connectivity index (χ4n) is 2.66. The fourth-order valence-corrected chi connectivity index (χ4v) is 2.92. The standard InChI is InChI=1S/C23H21BrN2O4/c24-18-9-7-16(8-10-18)21-12-11-19(30-21)15-20(23(29)25-13-4-14-27)26-22(28)17-5-2-1-3-6-17/h1-3,5-12,15,27H,4,13-14H2,(H,25,29)(H,26,28)/b20-15+. The van der Waals surface area contributed by atoms with E-state index >= 15 is 0 Å². The summed E-state index contributed by atoms with van der Waals surface area (Å²) in [4.78, 5) is 25.1. The van der Waals surface area contributed by atoms with E-state index in [0.717, 1.165) is 10.0 Å². The van der Waals surface area contributed by atoms with Gasteiger partial charge in [0.2, 0.25) is 0 Å². The number of rotatable bonds is 8. The Morgan fingerprint density at radius 3 is 2.43 bits per heavy atom. The van der Waals surface area contributed by atoms with Gasteiger partial charge in [-0.25, -0.2) is 0 Å². The Kier molecular flexibility index (Phi) is 7.59. The average molecular weight is 469 g/mol. The molecule has 0 aliphatic rings. The number of aliphatic hydroxyl groups excluding tert-OH is 1. The summed E-state index contributed by atoms with van der Waals surface area (Å²) in [7, 11) is 0. The Morgan fingerprint density at radius 1 is 1.00 bits per heavy atom. The molecule has 6 nitrogen and oxygen atoms in total. The molecule has 0 saturated heterocycles. The summed E-state index contributed by atoms with van der Waals surface area (Å²) in [6, 6.07) is 19.8. The monoisotopic (exact) mass is 468 g/mol. The molecule has 0 aliphatic heterocycles. The normalized spacial score (nSPS) is 11.2. The number of halogens is 1. The van der Waals surface area contributed by atoms with Gasteiger partial charge in [-0.05, 0) is 42.8 Å². The lowest BCUT2D eigenvalue weighted by Gasteiger charge is -2.10. The van der Waals surface area contributed by atoms with Crippen LogP contribution in [0, 0.1) is 0 Å². The largest absolute Gasteiger partial charge is 0.457 e. The first-order valence-electron chi connectivity index (χ1n) is 9.40. The molecule has 7 heteroatoms. The predicted octanol–water partition coefficient (Wildman–Crippen LogP) is 3.98. The summed E-state index contributed by atoms with van der Waals surface area (Å²) in [5.74, 6) is 0.199. The molecule has 0 spiro atoms. The third kappa shape index (κ3) is 5.92. The number of carbonyl (C=O) groups is 2.